The standard InChI is InChI=1S/C12H12F3N3O/c13-12(14,15)8-6-10(16)18-11(7-8)17-4-3-9-2-1-5-19-9/h1-2,5-7H,3-4H2,(H3,16,17,18). The van der Waals surface area contributed by atoms with Crippen molar-refractivity contribution in [1.29, 1.82) is 0 Å². The van der Waals surface area contributed by atoms with Crippen LogP contribution in [-0.2, 0) is 12.6 Å². The molecule has 0 aliphatic rings. The van der Waals surface area contributed by atoms with E-state index >= 15 is 0 Å². The fourth-order valence-corrected chi connectivity index (χ4v) is 1.57. The van der Waals surface area contributed by atoms with E-state index in [2.05, 4.69) is 10.3 Å². The van der Waals surface area contributed by atoms with E-state index in [-0.39, 0.29) is 11.6 Å². The number of nitrogens with one attached hydrogen (secondary N) is 1. The van der Waals surface area contributed by atoms with Crippen LogP contribution in [0.25, 0.3) is 0 Å². The number of pyridine rings is 1. The van der Waals surface area contributed by atoms with Gasteiger partial charge in [-0.2, -0.15) is 13.2 Å². The van der Waals surface area contributed by atoms with E-state index in [4.69, 9.17) is 10.2 Å². The van der Waals surface area contributed by atoms with Crippen LogP contribution in [0, 0.1) is 0 Å². The van der Waals surface area contributed by atoms with Gasteiger partial charge in [0.2, 0.25) is 0 Å². The third-order valence-corrected chi connectivity index (χ3v) is 2.43. The topological polar surface area (TPSA) is 64.1 Å². The highest BCUT2D eigenvalue weighted by atomic mass is 19.4. The van der Waals surface area contributed by atoms with Crippen LogP contribution >= 0.6 is 0 Å². The second kappa shape index (κ2) is 5.21. The zero-order valence-electron chi connectivity index (χ0n) is 9.87. The molecule has 2 aromatic rings. The van der Waals surface area contributed by atoms with E-state index in [1.807, 2.05) is 0 Å². The molecule has 102 valence electrons. The minimum atomic E-state index is -4.44. The first kappa shape index (κ1) is 13.3. The molecule has 0 aromatic carbocycles. The summed E-state index contributed by atoms with van der Waals surface area (Å²) in [5.41, 5.74) is 4.53. The summed E-state index contributed by atoms with van der Waals surface area (Å²) in [4.78, 5) is 3.80. The lowest BCUT2D eigenvalue weighted by Crippen LogP contribution is -2.11. The fraction of sp³-hybridized carbons (Fsp3) is 0.250. The number of aromatic nitrogens is 1. The van der Waals surface area contributed by atoms with Crippen LogP contribution in [0.3, 0.4) is 0 Å². The predicted molar refractivity (Wildman–Crippen MR) is 64.6 cm³/mol. The molecule has 0 aliphatic heterocycles. The van der Waals surface area contributed by atoms with Gasteiger partial charge in [0.1, 0.15) is 17.4 Å². The van der Waals surface area contributed by atoms with Crippen molar-refractivity contribution < 1.29 is 17.6 Å². The van der Waals surface area contributed by atoms with Crippen LogP contribution < -0.4 is 11.1 Å². The summed E-state index contributed by atoms with van der Waals surface area (Å²) in [7, 11) is 0. The number of nitrogen functional groups attached to an aromatic ring is 1. The molecule has 0 saturated carbocycles. The Labute approximate surface area is 107 Å². The van der Waals surface area contributed by atoms with Crippen LogP contribution in [-0.4, -0.2) is 11.5 Å². The number of furan rings is 1. The maximum absolute atomic E-state index is 12.6. The molecule has 0 fully saturated rings. The van der Waals surface area contributed by atoms with Gasteiger partial charge in [-0.3, -0.25) is 0 Å². The zero-order chi connectivity index (χ0) is 13.9. The lowest BCUT2D eigenvalue weighted by molar-refractivity contribution is -0.137. The number of anilines is 2. The number of nitrogens with two attached hydrogens (primary N) is 1. The van der Waals surface area contributed by atoms with Gasteiger partial charge in [0.25, 0.3) is 0 Å². The molecule has 0 amide bonds. The van der Waals surface area contributed by atoms with E-state index in [1.54, 1.807) is 12.1 Å². The van der Waals surface area contributed by atoms with Crippen LogP contribution in [0.2, 0.25) is 0 Å². The normalized spacial score (nSPS) is 11.5. The second-order valence-corrected chi connectivity index (χ2v) is 3.92. The summed E-state index contributed by atoms with van der Waals surface area (Å²) in [6.45, 7) is 0.404. The molecule has 7 heteroatoms. The Morgan fingerprint density at radius 3 is 2.74 bits per heavy atom. The van der Waals surface area contributed by atoms with E-state index in [9.17, 15) is 13.2 Å². The summed E-state index contributed by atoms with van der Waals surface area (Å²) < 4.78 is 42.8. The first-order valence-corrected chi connectivity index (χ1v) is 5.56. The quantitative estimate of drug-likeness (QED) is 0.897. The van der Waals surface area contributed by atoms with Gasteiger partial charge >= 0.3 is 6.18 Å². The first-order valence-electron chi connectivity index (χ1n) is 5.56. The number of alkyl halides is 3. The van der Waals surface area contributed by atoms with E-state index in [0.29, 0.717) is 13.0 Å². The summed E-state index contributed by atoms with van der Waals surface area (Å²) in [6.07, 6.45) is -2.35. The number of hydrogen-bond donors (Lipinski definition) is 2. The molecular formula is C12H12F3N3O. The van der Waals surface area contributed by atoms with Crippen molar-refractivity contribution in [3.05, 3.63) is 41.9 Å². The number of rotatable bonds is 4. The SMILES string of the molecule is Nc1cc(C(F)(F)F)cc(NCCc2ccco2)n1. The van der Waals surface area contributed by atoms with Gasteiger partial charge in [0, 0.05) is 13.0 Å². The third kappa shape index (κ3) is 3.64. The fourth-order valence-electron chi connectivity index (χ4n) is 1.57. The maximum Gasteiger partial charge on any atom is 0.416 e. The number of nitrogens with zero attached hydrogens (tertiary/aromatic N) is 1. The lowest BCUT2D eigenvalue weighted by atomic mass is 10.2. The molecule has 0 atom stereocenters. The average molecular weight is 271 g/mol. The Hall–Kier alpha value is -2.18. The predicted octanol–water partition coefficient (Wildman–Crippen LogP) is 2.93. The van der Waals surface area contributed by atoms with Gasteiger partial charge in [0.15, 0.2) is 0 Å². The Balaban J connectivity index is 2.02. The molecule has 2 rings (SSSR count). The molecule has 0 saturated heterocycles. The number of hydrogen-bond acceptors (Lipinski definition) is 4. The van der Waals surface area contributed by atoms with Gasteiger partial charge in [-0.25, -0.2) is 4.98 Å². The van der Waals surface area contributed by atoms with Crippen molar-refractivity contribution in [3.63, 3.8) is 0 Å². The monoisotopic (exact) mass is 271 g/mol. The van der Waals surface area contributed by atoms with E-state index in [1.165, 1.54) is 6.26 Å². The van der Waals surface area contributed by atoms with Crippen molar-refractivity contribution in [1.82, 2.24) is 4.98 Å². The van der Waals surface area contributed by atoms with Crippen LogP contribution in [0.15, 0.2) is 34.9 Å². The maximum atomic E-state index is 12.6. The summed E-state index contributed by atoms with van der Waals surface area (Å²) in [5, 5.41) is 2.79. The molecule has 0 radical (unpaired) electrons. The minimum Gasteiger partial charge on any atom is -0.469 e. The molecule has 0 spiro atoms. The van der Waals surface area contributed by atoms with Crippen LogP contribution in [0.4, 0.5) is 24.8 Å². The minimum absolute atomic E-state index is 0.0962. The van der Waals surface area contributed by atoms with Crippen molar-refractivity contribution in [3.8, 4) is 0 Å². The highest BCUT2D eigenvalue weighted by molar-refractivity contribution is 5.47. The highest BCUT2D eigenvalue weighted by Gasteiger charge is 2.31. The third-order valence-electron chi connectivity index (χ3n) is 2.43. The van der Waals surface area contributed by atoms with E-state index in [0.717, 1.165) is 17.9 Å². The summed E-state index contributed by atoms with van der Waals surface area (Å²) in [6, 6.07) is 5.27. The van der Waals surface area contributed by atoms with Crippen molar-refractivity contribution >= 4 is 11.6 Å². The van der Waals surface area contributed by atoms with Gasteiger partial charge in [0.05, 0.1) is 11.8 Å². The molecule has 4 nitrogen and oxygen atoms in total. The van der Waals surface area contributed by atoms with Gasteiger partial charge in [-0.15, -0.1) is 0 Å². The Morgan fingerprint density at radius 1 is 1.32 bits per heavy atom. The summed E-state index contributed by atoms with van der Waals surface area (Å²) in [5.74, 6) is 0.668. The first-order chi connectivity index (χ1) is 8.95. The molecule has 0 unspecified atom stereocenters. The highest BCUT2D eigenvalue weighted by Crippen LogP contribution is 2.31. The molecule has 2 aromatic heterocycles. The van der Waals surface area contributed by atoms with Gasteiger partial charge < -0.3 is 15.5 Å². The lowest BCUT2D eigenvalue weighted by Gasteiger charge is -2.10. The largest absolute Gasteiger partial charge is 0.469 e. The Bertz CT molecular complexity index is 538. The Kier molecular flexibility index (Phi) is 3.64. The van der Waals surface area contributed by atoms with Gasteiger partial charge in [-0.1, -0.05) is 0 Å². The molecule has 19 heavy (non-hydrogen) atoms. The van der Waals surface area contributed by atoms with Crippen molar-refractivity contribution in [2.75, 3.05) is 17.6 Å². The molecule has 0 aliphatic carbocycles. The zero-order valence-corrected chi connectivity index (χ0v) is 9.87. The molecule has 0 bridgehead atoms. The van der Waals surface area contributed by atoms with Crippen LogP contribution in [0.1, 0.15) is 11.3 Å². The molecular weight excluding hydrogens is 259 g/mol. The summed E-state index contributed by atoms with van der Waals surface area (Å²) >= 11 is 0. The van der Waals surface area contributed by atoms with Crippen molar-refractivity contribution in [2.45, 2.75) is 12.6 Å². The molecule has 2 heterocycles. The van der Waals surface area contributed by atoms with E-state index < -0.39 is 11.7 Å². The second-order valence-electron chi connectivity index (χ2n) is 3.92. The Morgan fingerprint density at radius 2 is 2.11 bits per heavy atom. The molecule has 3 N–H and O–H groups in total. The van der Waals surface area contributed by atoms with Crippen LogP contribution in [0.5, 0.6) is 0 Å². The van der Waals surface area contributed by atoms with Gasteiger partial charge in [-0.05, 0) is 24.3 Å². The van der Waals surface area contributed by atoms with Crippen molar-refractivity contribution in [2.24, 2.45) is 0 Å². The number of halogens is 3. The average Bonchev–Trinajstić information content (AvgIpc) is 2.80. The smallest absolute Gasteiger partial charge is 0.416 e.